The van der Waals surface area contributed by atoms with Crippen molar-refractivity contribution in [3.63, 3.8) is 0 Å². The molecule has 0 saturated heterocycles. The highest BCUT2D eigenvalue weighted by atomic mass is 19.1. The molecule has 1 fully saturated rings. The highest BCUT2D eigenvalue weighted by Crippen LogP contribution is 2.18. The fourth-order valence-electron chi connectivity index (χ4n) is 2.19. The van der Waals surface area contributed by atoms with Crippen molar-refractivity contribution in [1.29, 1.82) is 0 Å². The van der Waals surface area contributed by atoms with E-state index in [1.165, 1.54) is 25.0 Å². The Balaban J connectivity index is 1.86. The number of hydrogen-bond acceptors (Lipinski definition) is 2. The zero-order valence-corrected chi connectivity index (χ0v) is 10.5. The fraction of sp³-hybridized carbons (Fsp3) is 0.500. The Kier molecular flexibility index (Phi) is 4.18. The number of nitrogens with one attached hydrogen (secondary N) is 1. The van der Waals surface area contributed by atoms with E-state index in [2.05, 4.69) is 5.32 Å². The van der Waals surface area contributed by atoms with Crippen molar-refractivity contribution < 1.29 is 13.9 Å². The summed E-state index contributed by atoms with van der Waals surface area (Å²) in [7, 11) is 0. The van der Waals surface area contributed by atoms with Crippen molar-refractivity contribution in [3.8, 4) is 5.75 Å². The van der Waals surface area contributed by atoms with Crippen LogP contribution in [0.25, 0.3) is 0 Å². The lowest BCUT2D eigenvalue weighted by Crippen LogP contribution is -2.41. The van der Waals surface area contributed by atoms with Crippen LogP contribution in [0.2, 0.25) is 0 Å². The van der Waals surface area contributed by atoms with Crippen LogP contribution in [0.3, 0.4) is 0 Å². The van der Waals surface area contributed by atoms with Gasteiger partial charge in [-0.1, -0.05) is 18.9 Å². The van der Waals surface area contributed by atoms with E-state index in [-0.39, 0.29) is 17.8 Å². The molecule has 18 heavy (non-hydrogen) atoms. The lowest BCUT2D eigenvalue weighted by atomic mass is 10.2. The monoisotopic (exact) mass is 251 g/mol. The van der Waals surface area contributed by atoms with E-state index in [4.69, 9.17) is 4.74 Å². The minimum absolute atomic E-state index is 0.133. The lowest BCUT2D eigenvalue weighted by molar-refractivity contribution is -0.127. The molecule has 2 rings (SSSR count). The van der Waals surface area contributed by atoms with E-state index >= 15 is 0 Å². The molecule has 0 unspecified atom stereocenters. The summed E-state index contributed by atoms with van der Waals surface area (Å²) < 4.78 is 18.4. The second kappa shape index (κ2) is 5.85. The van der Waals surface area contributed by atoms with E-state index < -0.39 is 6.10 Å². The molecule has 1 amide bonds. The first-order valence-electron chi connectivity index (χ1n) is 6.38. The molecule has 1 aromatic rings. The third-order valence-electron chi connectivity index (χ3n) is 3.18. The molecule has 98 valence electrons. The Morgan fingerprint density at radius 3 is 2.83 bits per heavy atom. The summed E-state index contributed by atoms with van der Waals surface area (Å²) in [6.07, 6.45) is 3.82. The van der Waals surface area contributed by atoms with Gasteiger partial charge in [-0.05, 0) is 31.9 Å². The van der Waals surface area contributed by atoms with Gasteiger partial charge < -0.3 is 10.1 Å². The highest BCUT2D eigenvalue weighted by Gasteiger charge is 2.21. The van der Waals surface area contributed by atoms with Crippen LogP contribution in [-0.2, 0) is 4.79 Å². The van der Waals surface area contributed by atoms with Gasteiger partial charge in [0.05, 0.1) is 0 Å². The van der Waals surface area contributed by atoms with Gasteiger partial charge in [-0.3, -0.25) is 4.79 Å². The normalized spacial score (nSPS) is 17.4. The van der Waals surface area contributed by atoms with Crippen molar-refractivity contribution >= 4 is 5.91 Å². The molecule has 0 heterocycles. The molecular formula is C14H18FNO2. The maximum absolute atomic E-state index is 13.0. The molecular weight excluding hydrogens is 233 g/mol. The SMILES string of the molecule is C[C@@H](Oc1cccc(F)c1)C(=O)NC1CCCC1. The quantitative estimate of drug-likeness (QED) is 0.893. The molecule has 1 aliphatic carbocycles. The van der Waals surface area contributed by atoms with Gasteiger partial charge >= 0.3 is 0 Å². The number of carbonyl (C=O) groups is 1. The summed E-state index contributed by atoms with van der Waals surface area (Å²) in [5.41, 5.74) is 0. The van der Waals surface area contributed by atoms with Crippen LogP contribution in [0.4, 0.5) is 4.39 Å². The summed E-state index contributed by atoms with van der Waals surface area (Å²) in [6.45, 7) is 1.68. The maximum atomic E-state index is 13.0. The maximum Gasteiger partial charge on any atom is 0.260 e. The van der Waals surface area contributed by atoms with Crippen LogP contribution >= 0.6 is 0 Å². The van der Waals surface area contributed by atoms with Gasteiger partial charge in [0.15, 0.2) is 6.10 Å². The zero-order valence-electron chi connectivity index (χ0n) is 10.5. The Bertz CT molecular complexity index is 416. The van der Waals surface area contributed by atoms with Crippen molar-refractivity contribution in [2.75, 3.05) is 0 Å². The minimum Gasteiger partial charge on any atom is -0.481 e. The molecule has 1 N–H and O–H groups in total. The molecule has 0 aliphatic heterocycles. The largest absolute Gasteiger partial charge is 0.481 e. The van der Waals surface area contributed by atoms with E-state index in [0.29, 0.717) is 5.75 Å². The zero-order chi connectivity index (χ0) is 13.0. The Hall–Kier alpha value is -1.58. The van der Waals surface area contributed by atoms with Crippen LogP contribution < -0.4 is 10.1 Å². The number of rotatable bonds is 4. The third-order valence-corrected chi connectivity index (χ3v) is 3.18. The smallest absolute Gasteiger partial charge is 0.260 e. The fourth-order valence-corrected chi connectivity index (χ4v) is 2.19. The van der Waals surface area contributed by atoms with Crippen molar-refractivity contribution in [3.05, 3.63) is 30.1 Å². The third kappa shape index (κ3) is 3.45. The molecule has 1 saturated carbocycles. The van der Waals surface area contributed by atoms with Crippen LogP contribution in [0.5, 0.6) is 5.75 Å². The first kappa shape index (κ1) is 12.9. The van der Waals surface area contributed by atoms with Crippen LogP contribution in [-0.4, -0.2) is 18.1 Å². The second-order valence-electron chi connectivity index (χ2n) is 4.71. The Morgan fingerprint density at radius 1 is 1.44 bits per heavy atom. The number of ether oxygens (including phenoxy) is 1. The Morgan fingerprint density at radius 2 is 2.17 bits per heavy atom. The summed E-state index contributed by atoms with van der Waals surface area (Å²) in [5, 5.41) is 2.96. The summed E-state index contributed by atoms with van der Waals surface area (Å²) >= 11 is 0. The van der Waals surface area contributed by atoms with E-state index in [0.717, 1.165) is 12.8 Å². The molecule has 1 atom stereocenters. The molecule has 0 radical (unpaired) electrons. The predicted octanol–water partition coefficient (Wildman–Crippen LogP) is 2.65. The molecule has 1 aromatic carbocycles. The van der Waals surface area contributed by atoms with Gasteiger partial charge in [-0.2, -0.15) is 0 Å². The van der Waals surface area contributed by atoms with Gasteiger partial charge in [0.2, 0.25) is 0 Å². The molecule has 0 aromatic heterocycles. The minimum atomic E-state index is -0.604. The number of amides is 1. The van der Waals surface area contributed by atoms with Gasteiger partial charge in [0, 0.05) is 12.1 Å². The average Bonchev–Trinajstić information content (AvgIpc) is 2.81. The number of carbonyl (C=O) groups excluding carboxylic acids is 1. The molecule has 0 spiro atoms. The van der Waals surface area contributed by atoms with Crippen molar-refractivity contribution in [2.45, 2.75) is 44.8 Å². The molecule has 0 bridgehead atoms. The molecule has 4 heteroatoms. The van der Waals surface area contributed by atoms with Gasteiger partial charge in [0.1, 0.15) is 11.6 Å². The lowest BCUT2D eigenvalue weighted by Gasteiger charge is -2.18. The predicted molar refractivity (Wildman–Crippen MR) is 66.9 cm³/mol. The van der Waals surface area contributed by atoms with Crippen LogP contribution in [0.15, 0.2) is 24.3 Å². The van der Waals surface area contributed by atoms with Crippen molar-refractivity contribution in [2.24, 2.45) is 0 Å². The van der Waals surface area contributed by atoms with Crippen LogP contribution in [0.1, 0.15) is 32.6 Å². The average molecular weight is 251 g/mol. The van der Waals surface area contributed by atoms with E-state index in [1.54, 1.807) is 19.1 Å². The van der Waals surface area contributed by atoms with Gasteiger partial charge in [0.25, 0.3) is 5.91 Å². The number of halogens is 1. The topological polar surface area (TPSA) is 38.3 Å². The highest BCUT2D eigenvalue weighted by molar-refractivity contribution is 5.81. The molecule has 3 nitrogen and oxygen atoms in total. The standard InChI is InChI=1S/C14H18FNO2/c1-10(14(17)16-12-6-2-3-7-12)18-13-8-4-5-11(15)9-13/h4-5,8-10,12H,2-3,6-7H2,1H3,(H,16,17)/t10-/m1/s1. The van der Waals surface area contributed by atoms with Crippen molar-refractivity contribution in [1.82, 2.24) is 5.32 Å². The summed E-state index contributed by atoms with van der Waals surface area (Å²) in [6, 6.07) is 6.10. The van der Waals surface area contributed by atoms with Crippen LogP contribution in [0, 0.1) is 5.82 Å². The second-order valence-corrected chi connectivity index (χ2v) is 4.71. The van der Waals surface area contributed by atoms with E-state index in [9.17, 15) is 9.18 Å². The summed E-state index contributed by atoms with van der Waals surface area (Å²) in [4.78, 5) is 11.9. The summed E-state index contributed by atoms with van der Waals surface area (Å²) in [5.74, 6) is -0.119. The number of benzene rings is 1. The first-order valence-corrected chi connectivity index (χ1v) is 6.38. The first-order chi connectivity index (χ1) is 8.65. The Labute approximate surface area is 106 Å². The van der Waals surface area contributed by atoms with Gasteiger partial charge in [-0.15, -0.1) is 0 Å². The number of hydrogen-bond donors (Lipinski definition) is 1. The van der Waals surface area contributed by atoms with E-state index in [1.807, 2.05) is 0 Å². The van der Waals surface area contributed by atoms with Gasteiger partial charge in [-0.25, -0.2) is 4.39 Å². The molecule has 1 aliphatic rings.